The van der Waals surface area contributed by atoms with Gasteiger partial charge in [-0.05, 0) is 36.8 Å². The molecule has 0 saturated heterocycles. The first-order valence-electron chi connectivity index (χ1n) is 8.42. The van der Waals surface area contributed by atoms with Gasteiger partial charge in [-0.1, -0.05) is 30.3 Å². The van der Waals surface area contributed by atoms with Crippen LogP contribution in [-0.4, -0.2) is 31.1 Å². The molecule has 0 aliphatic carbocycles. The molecule has 2 aromatic rings. The molecule has 2 aromatic carbocycles. The number of carbonyl (C=O) groups excluding carboxylic acids is 3. The quantitative estimate of drug-likeness (QED) is 0.566. The Kier molecular flexibility index (Phi) is 7.49. The number of alkyl carbamates (subject to hydrolysis) is 1. The lowest BCUT2D eigenvalue weighted by Gasteiger charge is -2.18. The molecule has 6 nitrogen and oxygen atoms in total. The van der Waals surface area contributed by atoms with Crippen molar-refractivity contribution in [2.45, 2.75) is 19.4 Å². The summed E-state index contributed by atoms with van der Waals surface area (Å²) in [5.74, 6) is -1.56. The van der Waals surface area contributed by atoms with Crippen molar-refractivity contribution in [3.63, 3.8) is 0 Å². The molecule has 0 aliphatic heterocycles. The van der Waals surface area contributed by atoms with Gasteiger partial charge in [0.15, 0.2) is 12.4 Å². The fraction of sp³-hybridized carbons (Fsp3) is 0.250. The Hall–Kier alpha value is -3.22. The van der Waals surface area contributed by atoms with E-state index in [-0.39, 0.29) is 18.6 Å². The van der Waals surface area contributed by atoms with E-state index in [1.54, 1.807) is 31.2 Å². The number of ether oxygens (including phenoxy) is 2. The smallest absolute Gasteiger partial charge is 0.407 e. The third kappa shape index (κ3) is 6.54. The summed E-state index contributed by atoms with van der Waals surface area (Å²) in [4.78, 5) is 35.8. The molecule has 0 saturated carbocycles. The molecule has 27 heavy (non-hydrogen) atoms. The Balaban J connectivity index is 1.95. The number of hydrogen-bond donors (Lipinski definition) is 1. The Morgan fingerprint density at radius 2 is 1.67 bits per heavy atom. The summed E-state index contributed by atoms with van der Waals surface area (Å²) in [5.41, 5.74) is 0.945. The number of nitrogens with one attached hydrogen (secondary N) is 1. The van der Waals surface area contributed by atoms with Crippen LogP contribution in [-0.2, 0) is 14.3 Å². The van der Waals surface area contributed by atoms with Gasteiger partial charge in [-0.15, -0.1) is 0 Å². The zero-order valence-corrected chi connectivity index (χ0v) is 14.8. The van der Waals surface area contributed by atoms with Gasteiger partial charge < -0.3 is 14.8 Å². The van der Waals surface area contributed by atoms with E-state index in [0.717, 1.165) is 12.1 Å². The van der Waals surface area contributed by atoms with Crippen molar-refractivity contribution in [1.29, 1.82) is 0 Å². The highest BCUT2D eigenvalue weighted by Gasteiger charge is 2.20. The minimum Gasteiger partial charge on any atom is -0.457 e. The maximum Gasteiger partial charge on any atom is 0.407 e. The predicted octanol–water partition coefficient (Wildman–Crippen LogP) is 3.43. The van der Waals surface area contributed by atoms with Crippen LogP contribution >= 0.6 is 0 Å². The first-order chi connectivity index (χ1) is 13.0. The average Bonchev–Trinajstić information content (AvgIpc) is 2.67. The second kappa shape index (κ2) is 10.1. The van der Waals surface area contributed by atoms with Crippen molar-refractivity contribution in [1.82, 2.24) is 5.32 Å². The van der Waals surface area contributed by atoms with Gasteiger partial charge in [0.2, 0.25) is 0 Å². The lowest BCUT2D eigenvalue weighted by molar-refractivity contribution is -0.143. The third-order valence-electron chi connectivity index (χ3n) is 3.67. The molecule has 0 heterocycles. The third-order valence-corrected chi connectivity index (χ3v) is 3.67. The van der Waals surface area contributed by atoms with Gasteiger partial charge in [-0.2, -0.15) is 0 Å². The van der Waals surface area contributed by atoms with E-state index in [9.17, 15) is 18.8 Å². The first-order valence-corrected chi connectivity index (χ1v) is 8.42. The van der Waals surface area contributed by atoms with Gasteiger partial charge in [0.1, 0.15) is 5.82 Å². The van der Waals surface area contributed by atoms with Crippen LogP contribution in [0.1, 0.15) is 35.3 Å². The second-order valence-corrected chi connectivity index (χ2v) is 5.62. The lowest BCUT2D eigenvalue weighted by Crippen LogP contribution is -2.31. The van der Waals surface area contributed by atoms with Crippen molar-refractivity contribution < 1.29 is 28.2 Å². The minimum absolute atomic E-state index is 0.167. The van der Waals surface area contributed by atoms with Gasteiger partial charge in [-0.3, -0.25) is 9.59 Å². The molecule has 1 atom stereocenters. The SMILES string of the molecule is CCOC(=O)N[C@@H](CC(=O)OCC(=O)c1ccc(F)cc1)c1ccccc1. The van der Waals surface area contributed by atoms with Crippen molar-refractivity contribution in [3.8, 4) is 0 Å². The van der Waals surface area contributed by atoms with Crippen LogP contribution in [0.15, 0.2) is 54.6 Å². The summed E-state index contributed by atoms with van der Waals surface area (Å²) >= 11 is 0. The van der Waals surface area contributed by atoms with Gasteiger partial charge >= 0.3 is 12.1 Å². The first kappa shape index (κ1) is 20.1. The number of esters is 1. The van der Waals surface area contributed by atoms with Gasteiger partial charge in [0, 0.05) is 5.56 Å². The lowest BCUT2D eigenvalue weighted by atomic mass is 10.0. The number of ketones is 1. The van der Waals surface area contributed by atoms with E-state index in [4.69, 9.17) is 9.47 Å². The Bertz CT molecular complexity index is 777. The zero-order chi connectivity index (χ0) is 19.6. The van der Waals surface area contributed by atoms with Crippen molar-refractivity contribution in [2.75, 3.05) is 13.2 Å². The largest absolute Gasteiger partial charge is 0.457 e. The molecule has 7 heteroatoms. The monoisotopic (exact) mass is 373 g/mol. The Morgan fingerprint density at radius 3 is 2.30 bits per heavy atom. The maximum atomic E-state index is 12.9. The summed E-state index contributed by atoms with van der Waals surface area (Å²) in [6.45, 7) is 1.40. The number of rotatable bonds is 8. The topological polar surface area (TPSA) is 81.7 Å². The van der Waals surface area contributed by atoms with Crippen LogP contribution in [0, 0.1) is 5.82 Å². The normalized spacial score (nSPS) is 11.3. The van der Waals surface area contributed by atoms with Gasteiger partial charge in [0.25, 0.3) is 0 Å². The van der Waals surface area contributed by atoms with E-state index < -0.39 is 36.3 Å². The molecule has 1 amide bonds. The van der Waals surface area contributed by atoms with E-state index in [2.05, 4.69) is 5.32 Å². The van der Waals surface area contributed by atoms with Crippen LogP contribution in [0.4, 0.5) is 9.18 Å². The second-order valence-electron chi connectivity index (χ2n) is 5.62. The summed E-state index contributed by atoms with van der Waals surface area (Å²) in [6, 6.07) is 13.2. The molecule has 0 radical (unpaired) electrons. The molecule has 0 fully saturated rings. The standard InChI is InChI=1S/C20H20FNO5/c1-2-26-20(25)22-17(14-6-4-3-5-7-14)12-19(24)27-13-18(23)15-8-10-16(21)11-9-15/h3-11,17H,2,12-13H2,1H3,(H,22,25)/t17-/m0/s1. The molecule has 1 N–H and O–H groups in total. The van der Waals surface area contributed by atoms with Crippen molar-refractivity contribution in [2.24, 2.45) is 0 Å². The van der Waals surface area contributed by atoms with Crippen LogP contribution in [0.3, 0.4) is 0 Å². The summed E-state index contributed by atoms with van der Waals surface area (Å²) in [7, 11) is 0. The molecule has 0 aliphatic rings. The Labute approximate surface area is 156 Å². The van der Waals surface area contributed by atoms with E-state index in [0.29, 0.717) is 5.56 Å². The highest BCUT2D eigenvalue weighted by Crippen LogP contribution is 2.17. The summed E-state index contributed by atoms with van der Waals surface area (Å²) in [5, 5.41) is 2.60. The fourth-order valence-corrected chi connectivity index (χ4v) is 2.34. The summed E-state index contributed by atoms with van der Waals surface area (Å²) < 4.78 is 22.7. The van der Waals surface area contributed by atoms with Crippen LogP contribution in [0.2, 0.25) is 0 Å². The zero-order valence-electron chi connectivity index (χ0n) is 14.8. The van der Waals surface area contributed by atoms with E-state index in [1.165, 1.54) is 12.1 Å². The molecular weight excluding hydrogens is 353 g/mol. The van der Waals surface area contributed by atoms with Crippen LogP contribution in [0.5, 0.6) is 0 Å². The molecule has 0 unspecified atom stereocenters. The number of carbonyl (C=O) groups is 3. The minimum atomic E-state index is -0.656. The predicted molar refractivity (Wildman–Crippen MR) is 95.6 cm³/mol. The molecule has 2 rings (SSSR count). The average molecular weight is 373 g/mol. The van der Waals surface area contributed by atoms with E-state index >= 15 is 0 Å². The molecule has 0 aromatic heterocycles. The van der Waals surface area contributed by atoms with Crippen LogP contribution in [0.25, 0.3) is 0 Å². The number of Topliss-reactive ketones (excluding diaryl/α,β-unsaturated/α-hetero) is 1. The van der Waals surface area contributed by atoms with E-state index in [1.807, 2.05) is 6.07 Å². The number of halogens is 1. The highest BCUT2D eigenvalue weighted by atomic mass is 19.1. The number of benzene rings is 2. The van der Waals surface area contributed by atoms with Gasteiger partial charge in [0.05, 0.1) is 19.1 Å². The molecular formula is C20H20FNO5. The molecule has 0 spiro atoms. The fourth-order valence-electron chi connectivity index (χ4n) is 2.34. The van der Waals surface area contributed by atoms with Gasteiger partial charge in [-0.25, -0.2) is 9.18 Å². The number of hydrogen-bond acceptors (Lipinski definition) is 5. The highest BCUT2D eigenvalue weighted by molar-refractivity contribution is 5.97. The molecule has 142 valence electrons. The maximum absolute atomic E-state index is 12.9. The van der Waals surface area contributed by atoms with Crippen molar-refractivity contribution >= 4 is 17.8 Å². The molecule has 0 bridgehead atoms. The Morgan fingerprint density at radius 1 is 1.00 bits per heavy atom. The van der Waals surface area contributed by atoms with Crippen molar-refractivity contribution in [3.05, 3.63) is 71.5 Å². The number of amides is 1. The van der Waals surface area contributed by atoms with Crippen LogP contribution < -0.4 is 5.32 Å². The summed E-state index contributed by atoms with van der Waals surface area (Å²) in [6.07, 6.45) is -0.818.